The summed E-state index contributed by atoms with van der Waals surface area (Å²) in [5.74, 6) is 5.55. The van der Waals surface area contributed by atoms with Crippen LogP contribution in [0.1, 0.15) is 72.9 Å². The Morgan fingerprint density at radius 2 is 1.65 bits per heavy atom. The molecule has 4 saturated carbocycles. The molecule has 0 saturated heterocycles. The lowest BCUT2D eigenvalue weighted by Crippen LogP contribution is -2.48. The van der Waals surface area contributed by atoms with Gasteiger partial charge in [0.15, 0.2) is 0 Å². The zero-order valence-electron chi connectivity index (χ0n) is 19.4. The molecule has 0 spiro atoms. The minimum Gasteiger partial charge on any atom is -0.493 e. The highest BCUT2D eigenvalue weighted by Gasteiger charge is 2.52. The SMILES string of the molecule is NC(=O)CCCOc1ccc(C#COC(=O)c2ccccc2)cc1C12CC3CC(CC(C3)C1)C2. The van der Waals surface area contributed by atoms with Crippen LogP contribution in [0, 0.1) is 29.8 Å². The van der Waals surface area contributed by atoms with Gasteiger partial charge in [-0.25, -0.2) is 4.79 Å². The molecule has 5 heteroatoms. The molecule has 2 aromatic rings. The lowest BCUT2D eigenvalue weighted by atomic mass is 9.48. The van der Waals surface area contributed by atoms with Crippen molar-refractivity contribution in [1.29, 1.82) is 0 Å². The van der Waals surface area contributed by atoms with Gasteiger partial charge in [0.25, 0.3) is 0 Å². The van der Waals surface area contributed by atoms with Crippen LogP contribution in [0.25, 0.3) is 0 Å². The normalized spacial score (nSPS) is 26.4. The Kier molecular flexibility index (Phi) is 6.32. The second kappa shape index (κ2) is 9.54. The fourth-order valence-electron chi connectivity index (χ4n) is 6.78. The van der Waals surface area contributed by atoms with Crippen molar-refractivity contribution in [3.63, 3.8) is 0 Å². The minimum absolute atomic E-state index is 0.131. The summed E-state index contributed by atoms with van der Waals surface area (Å²) in [4.78, 5) is 23.3. The number of esters is 1. The van der Waals surface area contributed by atoms with Crippen LogP contribution >= 0.6 is 0 Å². The molecule has 4 aliphatic rings. The maximum absolute atomic E-state index is 12.2. The molecule has 34 heavy (non-hydrogen) atoms. The number of ether oxygens (including phenoxy) is 2. The molecular formula is C29H31NO4. The summed E-state index contributed by atoms with van der Waals surface area (Å²) in [6, 6.07) is 14.9. The Balaban J connectivity index is 1.38. The van der Waals surface area contributed by atoms with Gasteiger partial charge in [0.2, 0.25) is 5.91 Å². The molecule has 176 valence electrons. The van der Waals surface area contributed by atoms with Gasteiger partial charge in [-0.15, -0.1) is 0 Å². The van der Waals surface area contributed by atoms with Crippen LogP contribution in [0.5, 0.6) is 5.75 Å². The molecular weight excluding hydrogens is 426 g/mol. The molecule has 0 unspecified atom stereocenters. The van der Waals surface area contributed by atoms with Gasteiger partial charge in [0, 0.05) is 17.5 Å². The standard InChI is InChI=1S/C29H31NO4/c30-27(31)7-4-11-33-26-9-8-20(10-12-34-28(32)24-5-2-1-3-6-24)16-25(26)29-17-21-13-22(18-29)15-23(14-21)19-29/h1-3,5-6,8-9,16,21-23H,4,7,11,13-15,17-19H2,(H2,30,31). The molecule has 0 aromatic heterocycles. The Labute approximate surface area is 201 Å². The van der Waals surface area contributed by atoms with Gasteiger partial charge < -0.3 is 15.2 Å². The van der Waals surface area contributed by atoms with Gasteiger partial charge in [-0.2, -0.15) is 0 Å². The van der Waals surface area contributed by atoms with Crippen LogP contribution < -0.4 is 10.5 Å². The third-order valence-electron chi connectivity index (χ3n) is 7.76. The van der Waals surface area contributed by atoms with Crippen LogP contribution in [0.15, 0.2) is 48.5 Å². The van der Waals surface area contributed by atoms with Gasteiger partial charge >= 0.3 is 5.97 Å². The topological polar surface area (TPSA) is 78.6 Å². The first-order valence-corrected chi connectivity index (χ1v) is 12.3. The highest BCUT2D eigenvalue weighted by molar-refractivity contribution is 5.90. The molecule has 0 heterocycles. The average Bonchev–Trinajstić information content (AvgIpc) is 2.82. The van der Waals surface area contributed by atoms with Gasteiger partial charge in [-0.1, -0.05) is 18.2 Å². The molecule has 6 rings (SSSR count). The molecule has 1 amide bonds. The first kappa shape index (κ1) is 22.5. The number of nitrogens with two attached hydrogens (primary N) is 1. The van der Waals surface area contributed by atoms with E-state index >= 15 is 0 Å². The lowest BCUT2D eigenvalue weighted by Gasteiger charge is -2.57. The van der Waals surface area contributed by atoms with Crippen molar-refractivity contribution in [3.8, 4) is 17.8 Å². The maximum Gasteiger partial charge on any atom is 0.352 e. The second-order valence-corrected chi connectivity index (χ2v) is 10.3. The van der Waals surface area contributed by atoms with Gasteiger partial charge in [0.1, 0.15) is 11.9 Å². The Bertz CT molecular complexity index is 1090. The Morgan fingerprint density at radius 1 is 0.971 bits per heavy atom. The number of carbonyl (C=O) groups excluding carboxylic acids is 2. The van der Waals surface area contributed by atoms with Crippen molar-refractivity contribution in [2.24, 2.45) is 23.5 Å². The molecule has 4 aliphatic carbocycles. The van der Waals surface area contributed by atoms with Crippen molar-refractivity contribution in [1.82, 2.24) is 0 Å². The zero-order chi connectivity index (χ0) is 23.5. The van der Waals surface area contributed by atoms with E-state index in [1.165, 1.54) is 44.1 Å². The fourth-order valence-corrected chi connectivity index (χ4v) is 6.78. The summed E-state index contributed by atoms with van der Waals surface area (Å²) in [6.45, 7) is 0.460. The van der Waals surface area contributed by atoms with E-state index in [2.05, 4.69) is 18.1 Å². The molecule has 5 nitrogen and oxygen atoms in total. The minimum atomic E-state index is -0.455. The number of hydrogen-bond donors (Lipinski definition) is 1. The van der Waals surface area contributed by atoms with Crippen LogP contribution in [-0.4, -0.2) is 18.5 Å². The van der Waals surface area contributed by atoms with E-state index in [9.17, 15) is 9.59 Å². The van der Waals surface area contributed by atoms with Crippen molar-refractivity contribution in [2.45, 2.75) is 56.8 Å². The summed E-state index contributed by atoms with van der Waals surface area (Å²) < 4.78 is 11.4. The van der Waals surface area contributed by atoms with Crippen LogP contribution in [0.2, 0.25) is 0 Å². The van der Waals surface area contributed by atoms with E-state index in [0.717, 1.165) is 29.1 Å². The van der Waals surface area contributed by atoms with Crippen molar-refractivity contribution < 1.29 is 19.1 Å². The number of amides is 1. The predicted molar refractivity (Wildman–Crippen MR) is 129 cm³/mol. The molecule has 2 aromatic carbocycles. The Morgan fingerprint density at radius 3 is 2.29 bits per heavy atom. The summed E-state index contributed by atoms with van der Waals surface area (Å²) in [5, 5.41) is 0. The van der Waals surface area contributed by atoms with E-state index in [1.807, 2.05) is 18.2 Å². The highest BCUT2D eigenvalue weighted by Crippen LogP contribution is 2.61. The lowest BCUT2D eigenvalue weighted by molar-refractivity contribution is -0.118. The maximum atomic E-state index is 12.2. The van der Waals surface area contributed by atoms with E-state index in [0.29, 0.717) is 25.0 Å². The molecule has 0 aliphatic heterocycles. The van der Waals surface area contributed by atoms with E-state index in [4.69, 9.17) is 15.2 Å². The number of carbonyl (C=O) groups is 2. The van der Waals surface area contributed by atoms with E-state index in [1.54, 1.807) is 24.3 Å². The van der Waals surface area contributed by atoms with Crippen molar-refractivity contribution in [3.05, 3.63) is 65.2 Å². The molecule has 4 bridgehead atoms. The molecule has 0 atom stereocenters. The average molecular weight is 458 g/mol. The van der Waals surface area contributed by atoms with Gasteiger partial charge in [-0.05, 0) is 104 Å². The number of rotatable bonds is 7. The van der Waals surface area contributed by atoms with Crippen LogP contribution in [0.4, 0.5) is 0 Å². The largest absolute Gasteiger partial charge is 0.493 e. The third-order valence-corrected chi connectivity index (χ3v) is 7.76. The first-order chi connectivity index (χ1) is 16.5. The second-order valence-electron chi connectivity index (χ2n) is 10.3. The van der Waals surface area contributed by atoms with Gasteiger partial charge in [-0.3, -0.25) is 4.79 Å². The monoisotopic (exact) mass is 457 g/mol. The van der Waals surface area contributed by atoms with Crippen LogP contribution in [-0.2, 0) is 14.9 Å². The quantitative estimate of drug-likeness (QED) is 0.362. The number of benzene rings is 2. The van der Waals surface area contributed by atoms with E-state index in [-0.39, 0.29) is 11.3 Å². The summed E-state index contributed by atoms with van der Waals surface area (Å²) in [7, 11) is 0. The third kappa shape index (κ3) is 4.82. The summed E-state index contributed by atoms with van der Waals surface area (Å²) in [5.41, 5.74) is 7.94. The predicted octanol–water partition coefficient (Wildman–Crippen LogP) is 4.96. The van der Waals surface area contributed by atoms with Crippen LogP contribution in [0.3, 0.4) is 0 Å². The van der Waals surface area contributed by atoms with Crippen molar-refractivity contribution >= 4 is 11.9 Å². The smallest absolute Gasteiger partial charge is 0.352 e. The highest BCUT2D eigenvalue weighted by atomic mass is 16.5. The van der Waals surface area contributed by atoms with Crippen molar-refractivity contribution in [2.75, 3.05) is 6.61 Å². The zero-order valence-corrected chi connectivity index (χ0v) is 19.4. The molecule has 0 radical (unpaired) electrons. The number of hydrogen-bond acceptors (Lipinski definition) is 4. The molecule has 4 fully saturated rings. The fraction of sp³-hybridized carbons (Fsp3) is 0.448. The summed E-state index contributed by atoms with van der Waals surface area (Å²) >= 11 is 0. The summed E-state index contributed by atoms with van der Waals surface area (Å²) in [6.07, 6.45) is 11.2. The van der Waals surface area contributed by atoms with E-state index < -0.39 is 5.97 Å². The molecule has 2 N–H and O–H groups in total. The van der Waals surface area contributed by atoms with Gasteiger partial charge in [0.05, 0.1) is 12.2 Å². The Hall–Kier alpha value is -3.26. The number of primary amides is 1. The first-order valence-electron chi connectivity index (χ1n) is 12.3.